The van der Waals surface area contributed by atoms with Crippen LogP contribution >= 0.6 is 0 Å². The van der Waals surface area contributed by atoms with Gasteiger partial charge in [-0.15, -0.1) is 0 Å². The first-order valence-corrected chi connectivity index (χ1v) is 9.57. The summed E-state index contributed by atoms with van der Waals surface area (Å²) < 4.78 is 11.8. The minimum absolute atomic E-state index is 0.274. The minimum Gasteiger partial charge on any atom is -0.490 e. The Bertz CT molecular complexity index is 765. The first-order valence-electron chi connectivity index (χ1n) is 9.57. The van der Waals surface area contributed by atoms with Crippen molar-refractivity contribution in [3.63, 3.8) is 0 Å². The highest BCUT2D eigenvalue weighted by molar-refractivity contribution is 5.32. The zero-order chi connectivity index (χ0) is 18.1. The third-order valence-corrected chi connectivity index (χ3v) is 5.38. The molecule has 1 fully saturated rings. The van der Waals surface area contributed by atoms with E-state index in [4.69, 9.17) is 14.5 Å². The minimum atomic E-state index is 0.274. The Kier molecular flexibility index (Phi) is 4.81. The van der Waals surface area contributed by atoms with Gasteiger partial charge in [0.15, 0.2) is 0 Å². The quantitative estimate of drug-likeness (QED) is 0.840. The van der Waals surface area contributed by atoms with Crippen LogP contribution < -0.4 is 9.47 Å². The van der Waals surface area contributed by atoms with Crippen molar-refractivity contribution in [3.8, 4) is 11.6 Å². The second-order valence-electron chi connectivity index (χ2n) is 7.41. The van der Waals surface area contributed by atoms with Crippen molar-refractivity contribution in [1.82, 2.24) is 14.9 Å². The van der Waals surface area contributed by atoms with Gasteiger partial charge >= 0.3 is 0 Å². The Labute approximate surface area is 155 Å². The molecule has 0 radical (unpaired) electrons. The first kappa shape index (κ1) is 17.3. The van der Waals surface area contributed by atoms with Gasteiger partial charge in [-0.2, -0.15) is 0 Å². The second kappa shape index (κ2) is 7.23. The maximum absolute atomic E-state index is 6.21. The van der Waals surface area contributed by atoms with Gasteiger partial charge in [-0.25, -0.2) is 4.98 Å². The molecule has 0 amide bonds. The Hall–Kier alpha value is -2.14. The molecule has 2 aromatic heterocycles. The Balaban J connectivity index is 1.35. The highest BCUT2D eigenvalue weighted by Gasteiger charge is 2.26. The summed E-state index contributed by atoms with van der Waals surface area (Å²) in [5.41, 5.74) is 4.35. The molecule has 0 aromatic carbocycles. The Morgan fingerprint density at radius 3 is 2.58 bits per heavy atom. The summed E-state index contributed by atoms with van der Waals surface area (Å²) >= 11 is 0. The van der Waals surface area contributed by atoms with E-state index in [9.17, 15) is 0 Å². The van der Waals surface area contributed by atoms with Crippen LogP contribution in [0.1, 0.15) is 48.5 Å². The summed E-state index contributed by atoms with van der Waals surface area (Å²) in [6.45, 7) is 9.06. The average Bonchev–Trinajstić information content (AvgIpc) is 3.08. The smallest absolute Gasteiger partial charge is 0.216 e. The van der Waals surface area contributed by atoms with Gasteiger partial charge in [0.25, 0.3) is 0 Å². The van der Waals surface area contributed by atoms with E-state index < -0.39 is 0 Å². The lowest BCUT2D eigenvalue weighted by Crippen LogP contribution is -2.39. The van der Waals surface area contributed by atoms with Crippen LogP contribution in [0, 0.1) is 13.8 Å². The Morgan fingerprint density at radius 2 is 1.85 bits per heavy atom. The van der Waals surface area contributed by atoms with E-state index in [1.54, 1.807) is 0 Å². The van der Waals surface area contributed by atoms with E-state index in [1.807, 2.05) is 26.0 Å². The molecule has 4 heterocycles. The molecule has 138 valence electrons. The highest BCUT2D eigenvalue weighted by Crippen LogP contribution is 2.29. The van der Waals surface area contributed by atoms with Gasteiger partial charge in [-0.1, -0.05) is 6.07 Å². The predicted octanol–water partition coefficient (Wildman–Crippen LogP) is 3.63. The summed E-state index contributed by atoms with van der Waals surface area (Å²) in [6.07, 6.45) is 3.32. The number of piperidine rings is 1. The zero-order valence-electron chi connectivity index (χ0n) is 15.9. The topological polar surface area (TPSA) is 47.5 Å². The molecule has 2 aliphatic heterocycles. The van der Waals surface area contributed by atoms with E-state index in [1.165, 1.54) is 5.56 Å². The third kappa shape index (κ3) is 3.68. The van der Waals surface area contributed by atoms with Gasteiger partial charge in [-0.3, -0.25) is 9.88 Å². The van der Waals surface area contributed by atoms with Crippen LogP contribution in [0.25, 0.3) is 0 Å². The molecule has 4 rings (SSSR count). The van der Waals surface area contributed by atoms with Crippen LogP contribution in [0.2, 0.25) is 0 Å². The number of rotatable bonds is 4. The third-order valence-electron chi connectivity index (χ3n) is 5.38. The molecule has 2 aromatic rings. The molecule has 5 nitrogen and oxygen atoms in total. The van der Waals surface area contributed by atoms with E-state index >= 15 is 0 Å². The van der Waals surface area contributed by atoms with E-state index in [-0.39, 0.29) is 6.10 Å². The molecular weight excluding hydrogens is 326 g/mol. The number of ether oxygens (including phenoxy) is 2. The molecular formula is C21H27N3O2. The van der Waals surface area contributed by atoms with Crippen molar-refractivity contribution < 1.29 is 9.47 Å². The lowest BCUT2D eigenvalue weighted by molar-refractivity contribution is 0.0784. The standard InChI is InChI=1S/C21H27N3O2/c1-14-12-19(13-15(2)22-14)26-18-6-9-24(10-7-18)16(3)20-5-4-17-8-11-25-21(17)23-20/h4-5,12-13,16,18H,6-11H2,1-3H3/t16-/m1/s1. The van der Waals surface area contributed by atoms with Crippen molar-refractivity contribution in [2.24, 2.45) is 0 Å². The number of hydrogen-bond donors (Lipinski definition) is 0. The van der Waals surface area contributed by atoms with Gasteiger partial charge in [-0.05, 0) is 39.7 Å². The molecule has 0 unspecified atom stereocenters. The van der Waals surface area contributed by atoms with E-state index in [0.717, 1.165) is 67.7 Å². The fraction of sp³-hybridized carbons (Fsp3) is 0.524. The van der Waals surface area contributed by atoms with Crippen molar-refractivity contribution in [2.75, 3.05) is 19.7 Å². The number of aryl methyl sites for hydroxylation is 2. The number of hydrogen-bond acceptors (Lipinski definition) is 5. The number of fused-ring (bicyclic) bond motifs is 1. The SMILES string of the molecule is Cc1cc(OC2CCN([C@H](C)c3ccc4c(n3)OCC4)CC2)cc(C)n1. The van der Waals surface area contributed by atoms with E-state index in [0.29, 0.717) is 6.04 Å². The second-order valence-corrected chi connectivity index (χ2v) is 7.41. The maximum Gasteiger partial charge on any atom is 0.216 e. The molecule has 0 spiro atoms. The zero-order valence-corrected chi connectivity index (χ0v) is 15.9. The highest BCUT2D eigenvalue weighted by atomic mass is 16.5. The molecule has 2 aliphatic rings. The molecule has 0 N–H and O–H groups in total. The lowest BCUT2D eigenvalue weighted by Gasteiger charge is -2.35. The van der Waals surface area contributed by atoms with Crippen LogP contribution in [0.3, 0.4) is 0 Å². The number of aromatic nitrogens is 2. The molecule has 1 atom stereocenters. The number of nitrogens with zero attached hydrogens (tertiary/aromatic N) is 3. The summed E-state index contributed by atoms with van der Waals surface area (Å²) in [5, 5.41) is 0. The summed E-state index contributed by atoms with van der Waals surface area (Å²) in [5.74, 6) is 1.77. The van der Waals surface area contributed by atoms with Crippen molar-refractivity contribution in [2.45, 2.75) is 52.2 Å². The van der Waals surface area contributed by atoms with E-state index in [2.05, 4.69) is 28.9 Å². The molecule has 0 aliphatic carbocycles. The molecule has 0 bridgehead atoms. The monoisotopic (exact) mass is 353 g/mol. The Morgan fingerprint density at radius 1 is 1.12 bits per heavy atom. The van der Waals surface area contributed by atoms with Gasteiger partial charge in [0, 0.05) is 54.6 Å². The van der Waals surface area contributed by atoms with Gasteiger partial charge in [0.2, 0.25) is 5.88 Å². The van der Waals surface area contributed by atoms with Crippen molar-refractivity contribution in [1.29, 1.82) is 0 Å². The average molecular weight is 353 g/mol. The largest absolute Gasteiger partial charge is 0.490 e. The fourth-order valence-corrected chi connectivity index (χ4v) is 3.91. The molecule has 26 heavy (non-hydrogen) atoms. The number of likely N-dealkylation sites (tertiary alicyclic amines) is 1. The first-order chi connectivity index (χ1) is 12.6. The number of pyridine rings is 2. The predicted molar refractivity (Wildman–Crippen MR) is 101 cm³/mol. The lowest BCUT2D eigenvalue weighted by atomic mass is 10.0. The van der Waals surface area contributed by atoms with Crippen molar-refractivity contribution >= 4 is 0 Å². The normalized spacial score (nSPS) is 19.0. The van der Waals surface area contributed by atoms with Crippen LogP contribution in [0.5, 0.6) is 11.6 Å². The van der Waals surface area contributed by atoms with Gasteiger partial charge in [0.1, 0.15) is 11.9 Å². The maximum atomic E-state index is 6.21. The molecule has 5 heteroatoms. The summed E-state index contributed by atoms with van der Waals surface area (Å²) in [7, 11) is 0. The van der Waals surface area contributed by atoms with Crippen LogP contribution in [-0.4, -0.2) is 40.7 Å². The van der Waals surface area contributed by atoms with Crippen LogP contribution in [-0.2, 0) is 6.42 Å². The van der Waals surface area contributed by atoms with Crippen molar-refractivity contribution in [3.05, 3.63) is 46.9 Å². The van der Waals surface area contributed by atoms with Crippen LogP contribution in [0.4, 0.5) is 0 Å². The summed E-state index contributed by atoms with van der Waals surface area (Å²) in [6, 6.07) is 8.68. The fourth-order valence-electron chi connectivity index (χ4n) is 3.91. The molecule has 1 saturated heterocycles. The van der Waals surface area contributed by atoms with Crippen LogP contribution in [0.15, 0.2) is 24.3 Å². The van der Waals surface area contributed by atoms with Gasteiger partial charge in [0.05, 0.1) is 12.3 Å². The summed E-state index contributed by atoms with van der Waals surface area (Å²) in [4.78, 5) is 11.6. The molecule has 0 saturated carbocycles. The van der Waals surface area contributed by atoms with Gasteiger partial charge < -0.3 is 9.47 Å².